The molecule has 6 unspecified atom stereocenters. The number of likely N-dealkylation sites (tertiary alicyclic amines) is 1. The number of carboxylic acids is 1. The van der Waals surface area contributed by atoms with E-state index >= 15 is 4.79 Å². The lowest BCUT2D eigenvalue weighted by molar-refractivity contribution is -0.141. The number of unbranched alkanes of at least 4 members (excludes halogenated alkanes) is 2. The number of nitrogens with zero attached hydrogens (tertiary/aromatic N) is 2. The molecule has 2 aliphatic carbocycles. The molecule has 7 rings (SSSR count). The highest BCUT2D eigenvalue weighted by Gasteiger charge is 2.70. The number of carboxylic acid groups (broad SMARTS) is 1. The van der Waals surface area contributed by atoms with Crippen molar-refractivity contribution in [3.8, 4) is 5.75 Å². The van der Waals surface area contributed by atoms with Gasteiger partial charge in [-0.2, -0.15) is 0 Å². The number of amides is 4. The van der Waals surface area contributed by atoms with Gasteiger partial charge < -0.3 is 14.9 Å². The van der Waals surface area contributed by atoms with Crippen LogP contribution in [-0.2, 0) is 29.4 Å². The van der Waals surface area contributed by atoms with Gasteiger partial charge in [0, 0.05) is 23.9 Å². The molecule has 4 amide bonds. The van der Waals surface area contributed by atoms with Crippen LogP contribution in [0, 0.1) is 23.7 Å². The molecule has 6 atom stereocenters. The molecule has 11 heteroatoms. The molecule has 0 spiro atoms. The van der Waals surface area contributed by atoms with Crippen LogP contribution in [0.15, 0.2) is 90.5 Å². The number of rotatable bonds is 12. The SMILES string of the molecule is O=C(O)CCCCCN1C(=O)C2CC=C3C(CC4C(=O)N(c5cccc(Cl)c5)C(=O)C4(c4ccccc4)C3c3ccc(OCCO)cc3)C2C1=O. The number of aliphatic hydroxyl groups is 1. The van der Waals surface area contributed by atoms with Crippen LogP contribution < -0.4 is 9.64 Å². The van der Waals surface area contributed by atoms with Gasteiger partial charge in [0.05, 0.1) is 35.5 Å². The van der Waals surface area contributed by atoms with Gasteiger partial charge in [-0.1, -0.05) is 78.2 Å². The highest BCUT2D eigenvalue weighted by atomic mass is 35.5. The fraction of sp³-hybridized carbons (Fsp3) is 0.375. The van der Waals surface area contributed by atoms with Gasteiger partial charge >= 0.3 is 5.97 Å². The highest BCUT2D eigenvalue weighted by Crippen LogP contribution is 2.64. The van der Waals surface area contributed by atoms with Crippen molar-refractivity contribution in [3.63, 3.8) is 0 Å². The summed E-state index contributed by atoms with van der Waals surface area (Å²) in [5, 5.41) is 18.7. The number of benzene rings is 3. The minimum absolute atomic E-state index is 0.0297. The Morgan fingerprint density at radius 2 is 1.65 bits per heavy atom. The maximum Gasteiger partial charge on any atom is 0.303 e. The number of halogens is 1. The summed E-state index contributed by atoms with van der Waals surface area (Å²) in [6, 6.07) is 23.3. The molecule has 51 heavy (non-hydrogen) atoms. The molecule has 3 aromatic carbocycles. The lowest BCUT2D eigenvalue weighted by atomic mass is 9.49. The largest absolute Gasteiger partial charge is 0.491 e. The van der Waals surface area contributed by atoms with Gasteiger partial charge in [0.25, 0.3) is 0 Å². The second kappa shape index (κ2) is 14.1. The van der Waals surface area contributed by atoms with Crippen LogP contribution in [0.25, 0.3) is 0 Å². The summed E-state index contributed by atoms with van der Waals surface area (Å²) < 4.78 is 5.66. The number of ether oxygens (including phenoxy) is 1. The maximum absolute atomic E-state index is 15.3. The van der Waals surface area contributed by atoms with E-state index in [0.29, 0.717) is 47.7 Å². The Morgan fingerprint density at radius 3 is 2.35 bits per heavy atom. The fourth-order valence-electron chi connectivity index (χ4n) is 9.05. The quantitative estimate of drug-likeness (QED) is 0.142. The van der Waals surface area contributed by atoms with E-state index in [1.165, 1.54) is 9.80 Å². The van der Waals surface area contributed by atoms with Crippen LogP contribution in [0.4, 0.5) is 5.69 Å². The molecule has 0 radical (unpaired) electrons. The molecular weight excluding hydrogens is 672 g/mol. The van der Waals surface area contributed by atoms with Crippen molar-refractivity contribution in [2.75, 3.05) is 24.7 Å². The third-order valence-electron chi connectivity index (χ3n) is 11.1. The molecule has 0 bridgehead atoms. The fourth-order valence-corrected chi connectivity index (χ4v) is 9.23. The molecule has 2 aliphatic heterocycles. The van der Waals surface area contributed by atoms with Crippen molar-refractivity contribution in [1.82, 2.24) is 4.90 Å². The van der Waals surface area contributed by atoms with Crippen LogP contribution >= 0.6 is 11.6 Å². The number of aliphatic hydroxyl groups excluding tert-OH is 1. The van der Waals surface area contributed by atoms with Gasteiger partial charge in [0.15, 0.2) is 0 Å². The van der Waals surface area contributed by atoms with Crippen molar-refractivity contribution in [2.45, 2.75) is 49.9 Å². The molecule has 10 nitrogen and oxygen atoms in total. The molecule has 2 saturated heterocycles. The predicted octanol–water partition coefficient (Wildman–Crippen LogP) is 5.52. The summed E-state index contributed by atoms with van der Waals surface area (Å²) >= 11 is 6.38. The molecule has 2 heterocycles. The molecule has 3 aromatic rings. The Morgan fingerprint density at radius 1 is 0.882 bits per heavy atom. The summed E-state index contributed by atoms with van der Waals surface area (Å²) in [5.74, 6) is -4.91. The van der Waals surface area contributed by atoms with E-state index in [9.17, 15) is 24.3 Å². The van der Waals surface area contributed by atoms with Gasteiger partial charge in [-0.05, 0) is 73.1 Å². The average molecular weight is 711 g/mol. The van der Waals surface area contributed by atoms with E-state index in [4.69, 9.17) is 21.4 Å². The number of allylic oxidation sites excluding steroid dienone is 2. The smallest absolute Gasteiger partial charge is 0.303 e. The normalized spacial score (nSPS) is 26.9. The Kier molecular flexibility index (Phi) is 9.56. The van der Waals surface area contributed by atoms with Crippen LogP contribution in [0.3, 0.4) is 0 Å². The molecule has 2 N–H and O–H groups in total. The van der Waals surface area contributed by atoms with Crippen LogP contribution in [0.5, 0.6) is 5.75 Å². The van der Waals surface area contributed by atoms with E-state index in [0.717, 1.165) is 11.1 Å². The standard InChI is InChI=1S/C40H39ClN2O8/c41-26-10-7-11-27(22-26)43-37(48)32-23-31-29(17-18-30-34(31)38(49)42(36(30)47)19-6-2-5-12-33(45)46)35(24-13-15-28(16-14-24)51-21-20-44)40(32,39(43)50)25-8-3-1-4-9-25/h1,3-4,7-11,13-17,22,30-32,34-35,44H,2,5-6,12,18-21,23H2,(H,45,46). The number of anilines is 1. The maximum atomic E-state index is 15.3. The number of hydrogen-bond acceptors (Lipinski definition) is 7. The van der Waals surface area contributed by atoms with Gasteiger partial charge in [0.1, 0.15) is 12.4 Å². The summed E-state index contributed by atoms with van der Waals surface area (Å²) in [4.78, 5) is 71.7. The third kappa shape index (κ3) is 5.84. The summed E-state index contributed by atoms with van der Waals surface area (Å²) in [5.41, 5.74) is 1.29. The van der Waals surface area contributed by atoms with E-state index in [2.05, 4.69) is 0 Å². The molecule has 1 saturated carbocycles. The summed E-state index contributed by atoms with van der Waals surface area (Å²) in [6.07, 6.45) is 4.11. The van der Waals surface area contributed by atoms with Crippen molar-refractivity contribution in [2.24, 2.45) is 23.7 Å². The Hall–Kier alpha value is -4.80. The number of hydrogen-bond donors (Lipinski definition) is 2. The first kappa shape index (κ1) is 34.6. The second-order valence-corrected chi connectivity index (χ2v) is 14.2. The van der Waals surface area contributed by atoms with Crippen molar-refractivity contribution >= 4 is 46.9 Å². The van der Waals surface area contributed by atoms with E-state index in [-0.39, 0.29) is 56.2 Å². The second-order valence-electron chi connectivity index (χ2n) is 13.8. The first-order chi connectivity index (χ1) is 24.7. The van der Waals surface area contributed by atoms with Gasteiger partial charge in [-0.25, -0.2) is 4.90 Å². The van der Waals surface area contributed by atoms with E-state index in [1.54, 1.807) is 36.4 Å². The lowest BCUT2D eigenvalue weighted by Crippen LogP contribution is -2.53. The number of imide groups is 2. The zero-order chi connectivity index (χ0) is 35.9. The van der Waals surface area contributed by atoms with E-state index < -0.39 is 41.0 Å². The molecule has 4 aliphatic rings. The minimum Gasteiger partial charge on any atom is -0.491 e. The Labute approximate surface area is 300 Å². The van der Waals surface area contributed by atoms with Crippen LogP contribution in [-0.4, -0.2) is 64.5 Å². The van der Waals surface area contributed by atoms with Crippen molar-refractivity contribution in [3.05, 3.63) is 107 Å². The number of carbonyl (C=O) groups is 5. The predicted molar refractivity (Wildman–Crippen MR) is 188 cm³/mol. The van der Waals surface area contributed by atoms with Crippen molar-refractivity contribution in [1.29, 1.82) is 0 Å². The average Bonchev–Trinajstić information content (AvgIpc) is 3.51. The molecule has 3 fully saturated rings. The topological polar surface area (TPSA) is 142 Å². The molecular formula is C40H39ClN2O8. The van der Waals surface area contributed by atoms with Crippen LogP contribution in [0.2, 0.25) is 5.02 Å². The summed E-state index contributed by atoms with van der Waals surface area (Å²) in [7, 11) is 0. The minimum atomic E-state index is -1.38. The lowest BCUT2D eigenvalue weighted by Gasteiger charge is -2.50. The highest BCUT2D eigenvalue weighted by molar-refractivity contribution is 6.32. The van der Waals surface area contributed by atoms with Crippen LogP contribution in [0.1, 0.15) is 55.6 Å². The van der Waals surface area contributed by atoms with Gasteiger partial charge in [-0.3, -0.25) is 28.9 Å². The first-order valence-corrected chi connectivity index (χ1v) is 17.9. The summed E-state index contributed by atoms with van der Waals surface area (Å²) in [6.45, 7) is 0.174. The Balaban J connectivity index is 1.35. The van der Waals surface area contributed by atoms with E-state index in [1.807, 2.05) is 48.5 Å². The molecule has 264 valence electrons. The first-order valence-electron chi connectivity index (χ1n) is 17.5. The zero-order valence-electron chi connectivity index (χ0n) is 27.9. The third-order valence-corrected chi connectivity index (χ3v) is 11.3. The number of aliphatic carboxylic acids is 1. The Bertz CT molecular complexity index is 1900. The molecule has 0 aromatic heterocycles. The monoisotopic (exact) mass is 710 g/mol. The zero-order valence-corrected chi connectivity index (χ0v) is 28.7. The number of fused-ring (bicyclic) bond motifs is 4. The van der Waals surface area contributed by atoms with Gasteiger partial charge in [0.2, 0.25) is 23.6 Å². The number of carbonyl (C=O) groups excluding carboxylic acids is 4. The van der Waals surface area contributed by atoms with Gasteiger partial charge in [-0.15, -0.1) is 0 Å². The van der Waals surface area contributed by atoms with Crippen molar-refractivity contribution < 1.29 is 38.9 Å².